The number of thioether (sulfide) groups is 1. The third-order valence-electron chi connectivity index (χ3n) is 2.58. The maximum Gasteiger partial charge on any atom is 0.346 e. The van der Waals surface area contributed by atoms with Crippen LogP contribution in [-0.4, -0.2) is 21.6 Å². The van der Waals surface area contributed by atoms with Crippen LogP contribution >= 0.6 is 11.8 Å². The number of aryl methyl sites for hydroxylation is 1. The Labute approximate surface area is 124 Å². The molecule has 0 aromatic carbocycles. The van der Waals surface area contributed by atoms with E-state index in [0.29, 0.717) is 18.0 Å². The number of amides is 1. The molecule has 2 rings (SSSR count). The molecule has 0 bridgehead atoms. The second-order valence-electron chi connectivity index (χ2n) is 4.10. The van der Waals surface area contributed by atoms with E-state index in [1.165, 1.54) is 6.26 Å². The van der Waals surface area contributed by atoms with E-state index in [1.54, 1.807) is 19.1 Å². The van der Waals surface area contributed by atoms with Gasteiger partial charge in [0.15, 0.2) is 0 Å². The van der Waals surface area contributed by atoms with Gasteiger partial charge in [-0.25, -0.2) is 4.79 Å². The molecule has 108 valence electrons. The SMILES string of the molecule is Cc1[nH]c(=O)nc(SCC(=O)NCc2ccco2)c1C#N. The number of H-pyrrole nitrogens is 1. The third kappa shape index (κ3) is 3.97. The van der Waals surface area contributed by atoms with E-state index in [2.05, 4.69) is 15.3 Å². The smallest absolute Gasteiger partial charge is 0.346 e. The van der Waals surface area contributed by atoms with Gasteiger partial charge >= 0.3 is 5.69 Å². The summed E-state index contributed by atoms with van der Waals surface area (Å²) < 4.78 is 5.09. The Balaban J connectivity index is 1.95. The van der Waals surface area contributed by atoms with Crippen molar-refractivity contribution in [1.82, 2.24) is 15.3 Å². The zero-order chi connectivity index (χ0) is 15.2. The maximum absolute atomic E-state index is 11.7. The van der Waals surface area contributed by atoms with Gasteiger partial charge < -0.3 is 14.7 Å². The standard InChI is InChI=1S/C13H12N4O3S/c1-8-10(5-14)12(17-13(19)16-8)21-7-11(18)15-6-9-3-2-4-20-9/h2-4H,6-7H2,1H3,(H,15,18)(H,16,17,19). The van der Waals surface area contributed by atoms with Crippen molar-refractivity contribution in [2.24, 2.45) is 0 Å². The van der Waals surface area contributed by atoms with Crippen molar-refractivity contribution in [3.05, 3.63) is 45.9 Å². The first-order valence-corrected chi connectivity index (χ1v) is 7.01. The van der Waals surface area contributed by atoms with Gasteiger partial charge in [0, 0.05) is 5.69 Å². The van der Waals surface area contributed by atoms with Gasteiger partial charge in [-0.15, -0.1) is 0 Å². The number of carbonyl (C=O) groups excluding carboxylic acids is 1. The molecule has 7 nitrogen and oxygen atoms in total. The van der Waals surface area contributed by atoms with Crippen LogP contribution in [0.5, 0.6) is 0 Å². The van der Waals surface area contributed by atoms with Gasteiger partial charge in [-0.1, -0.05) is 11.8 Å². The van der Waals surface area contributed by atoms with Crippen molar-refractivity contribution < 1.29 is 9.21 Å². The first-order chi connectivity index (χ1) is 10.1. The average Bonchev–Trinajstić information content (AvgIpc) is 2.95. The topological polar surface area (TPSA) is 112 Å². The summed E-state index contributed by atoms with van der Waals surface area (Å²) in [7, 11) is 0. The van der Waals surface area contributed by atoms with E-state index < -0.39 is 5.69 Å². The van der Waals surface area contributed by atoms with Crippen molar-refractivity contribution in [3.8, 4) is 6.07 Å². The van der Waals surface area contributed by atoms with Crippen LogP contribution in [0.15, 0.2) is 32.6 Å². The summed E-state index contributed by atoms with van der Waals surface area (Å²) in [6, 6.07) is 5.46. The minimum Gasteiger partial charge on any atom is -0.467 e. The van der Waals surface area contributed by atoms with Crippen LogP contribution in [0, 0.1) is 18.3 Å². The average molecular weight is 304 g/mol. The molecule has 8 heteroatoms. The molecule has 0 aliphatic carbocycles. The van der Waals surface area contributed by atoms with Crippen LogP contribution in [0.25, 0.3) is 0 Å². The highest BCUT2D eigenvalue weighted by Crippen LogP contribution is 2.19. The number of carbonyl (C=O) groups is 1. The van der Waals surface area contributed by atoms with Crippen LogP contribution in [0.4, 0.5) is 0 Å². The molecule has 0 aliphatic rings. The Hall–Kier alpha value is -2.53. The minimum absolute atomic E-state index is 0.0608. The van der Waals surface area contributed by atoms with E-state index in [1.807, 2.05) is 6.07 Å². The van der Waals surface area contributed by atoms with Gasteiger partial charge in [0.25, 0.3) is 0 Å². The van der Waals surface area contributed by atoms with Gasteiger partial charge in [-0.05, 0) is 19.1 Å². The van der Waals surface area contributed by atoms with Crippen LogP contribution in [0.2, 0.25) is 0 Å². The summed E-state index contributed by atoms with van der Waals surface area (Å²) in [5.41, 5.74) is 0.180. The van der Waals surface area contributed by atoms with Crippen molar-refractivity contribution in [3.63, 3.8) is 0 Å². The van der Waals surface area contributed by atoms with Crippen LogP contribution < -0.4 is 11.0 Å². The normalized spacial score (nSPS) is 10.1. The van der Waals surface area contributed by atoms with Crippen molar-refractivity contribution in [1.29, 1.82) is 5.26 Å². The van der Waals surface area contributed by atoms with E-state index in [4.69, 9.17) is 9.68 Å². The number of rotatable bonds is 5. The number of nitrogens with zero attached hydrogens (tertiary/aromatic N) is 2. The van der Waals surface area contributed by atoms with Crippen LogP contribution in [-0.2, 0) is 11.3 Å². The Morgan fingerprint density at radius 2 is 2.43 bits per heavy atom. The second kappa shape index (κ2) is 6.76. The van der Waals surface area contributed by atoms with Crippen LogP contribution in [0.3, 0.4) is 0 Å². The van der Waals surface area contributed by atoms with Gasteiger partial charge in [-0.3, -0.25) is 4.79 Å². The minimum atomic E-state index is -0.537. The molecule has 1 amide bonds. The van der Waals surface area contributed by atoms with Gasteiger partial charge in [0.1, 0.15) is 22.4 Å². The zero-order valence-electron chi connectivity index (χ0n) is 11.2. The lowest BCUT2D eigenvalue weighted by Gasteiger charge is -2.05. The first kappa shape index (κ1) is 14.9. The molecule has 0 fully saturated rings. The lowest BCUT2D eigenvalue weighted by molar-refractivity contribution is -0.118. The number of hydrogen-bond acceptors (Lipinski definition) is 6. The molecule has 0 saturated carbocycles. The zero-order valence-corrected chi connectivity index (χ0v) is 12.0. The molecule has 0 spiro atoms. The molecular weight excluding hydrogens is 292 g/mol. The van der Waals surface area contributed by atoms with E-state index in [9.17, 15) is 9.59 Å². The van der Waals surface area contributed by atoms with E-state index in [-0.39, 0.29) is 22.2 Å². The highest BCUT2D eigenvalue weighted by atomic mass is 32.2. The third-order valence-corrected chi connectivity index (χ3v) is 3.55. The molecule has 0 saturated heterocycles. The molecule has 2 aromatic rings. The Bertz CT molecular complexity index is 731. The largest absolute Gasteiger partial charge is 0.467 e. The molecular formula is C13H12N4O3S. The molecule has 0 aliphatic heterocycles. The number of aromatic amines is 1. The fourth-order valence-corrected chi connectivity index (χ4v) is 2.44. The molecule has 2 heterocycles. The van der Waals surface area contributed by atoms with Gasteiger partial charge in [0.05, 0.1) is 18.6 Å². The second-order valence-corrected chi connectivity index (χ2v) is 5.07. The Kier molecular flexibility index (Phi) is 4.79. The number of nitrogens with one attached hydrogen (secondary N) is 2. The number of nitriles is 1. The molecule has 21 heavy (non-hydrogen) atoms. The fourth-order valence-electron chi connectivity index (χ4n) is 1.58. The highest BCUT2D eigenvalue weighted by Gasteiger charge is 2.12. The van der Waals surface area contributed by atoms with E-state index >= 15 is 0 Å². The van der Waals surface area contributed by atoms with Crippen molar-refractivity contribution in [2.75, 3.05) is 5.75 Å². The van der Waals surface area contributed by atoms with Gasteiger partial charge in [0.2, 0.25) is 5.91 Å². The molecule has 2 N–H and O–H groups in total. The van der Waals surface area contributed by atoms with E-state index in [0.717, 1.165) is 11.8 Å². The predicted molar refractivity (Wildman–Crippen MR) is 75.6 cm³/mol. The number of furan rings is 1. The molecule has 2 aromatic heterocycles. The summed E-state index contributed by atoms with van der Waals surface area (Å²) in [4.78, 5) is 29.2. The quantitative estimate of drug-likeness (QED) is 0.628. The van der Waals surface area contributed by atoms with Crippen molar-refractivity contribution in [2.45, 2.75) is 18.5 Å². The summed E-state index contributed by atoms with van der Waals surface area (Å²) in [6.07, 6.45) is 1.53. The highest BCUT2D eigenvalue weighted by molar-refractivity contribution is 8.00. The number of hydrogen-bond donors (Lipinski definition) is 2. The Morgan fingerprint density at radius 1 is 1.62 bits per heavy atom. The maximum atomic E-state index is 11.7. The lowest BCUT2D eigenvalue weighted by atomic mass is 10.3. The monoisotopic (exact) mass is 304 g/mol. The molecule has 0 unspecified atom stereocenters. The summed E-state index contributed by atoms with van der Waals surface area (Å²) in [5.74, 6) is 0.474. The van der Waals surface area contributed by atoms with Gasteiger partial charge in [-0.2, -0.15) is 10.2 Å². The lowest BCUT2D eigenvalue weighted by Crippen LogP contribution is -2.24. The predicted octanol–water partition coefficient (Wildman–Crippen LogP) is 0.951. The van der Waals surface area contributed by atoms with Crippen molar-refractivity contribution >= 4 is 17.7 Å². The molecule has 0 radical (unpaired) electrons. The number of aromatic nitrogens is 2. The summed E-state index contributed by atoms with van der Waals surface area (Å²) >= 11 is 1.05. The molecule has 0 atom stereocenters. The fraction of sp³-hybridized carbons (Fsp3) is 0.231. The first-order valence-electron chi connectivity index (χ1n) is 6.03. The summed E-state index contributed by atoms with van der Waals surface area (Å²) in [5, 5.41) is 12.0. The summed E-state index contributed by atoms with van der Waals surface area (Å²) in [6.45, 7) is 1.90. The Morgan fingerprint density at radius 3 is 3.10 bits per heavy atom. The van der Waals surface area contributed by atoms with Crippen LogP contribution in [0.1, 0.15) is 17.0 Å².